The summed E-state index contributed by atoms with van der Waals surface area (Å²) in [5.41, 5.74) is 2.34. The molecule has 0 aliphatic carbocycles. The summed E-state index contributed by atoms with van der Waals surface area (Å²) in [5.74, 6) is -0.304. The first-order valence-corrected chi connectivity index (χ1v) is 11.7. The van der Waals surface area contributed by atoms with Gasteiger partial charge in [-0.15, -0.1) is 13.2 Å². The molecule has 3 aromatic rings. The summed E-state index contributed by atoms with van der Waals surface area (Å²) in [4.78, 5) is 29.4. The van der Waals surface area contributed by atoms with E-state index in [1.54, 1.807) is 23.1 Å². The minimum Gasteiger partial charge on any atom is -0.404 e. The van der Waals surface area contributed by atoms with Gasteiger partial charge in [-0.25, -0.2) is 0 Å². The summed E-state index contributed by atoms with van der Waals surface area (Å²) >= 11 is 5.87. The Morgan fingerprint density at radius 3 is 2.56 bits per heavy atom. The number of nitrogens with zero attached hydrogens (tertiary/aromatic N) is 4. The zero-order chi connectivity index (χ0) is 25.4. The van der Waals surface area contributed by atoms with Gasteiger partial charge in [-0.05, 0) is 60.2 Å². The summed E-state index contributed by atoms with van der Waals surface area (Å²) in [6.45, 7) is 2.29. The second-order valence-electron chi connectivity index (χ2n) is 8.90. The average Bonchev–Trinajstić information content (AvgIpc) is 3.48. The number of hydrogen-bond donors (Lipinski definition) is 1. The molecule has 3 heterocycles. The van der Waals surface area contributed by atoms with Crippen LogP contribution >= 0.6 is 11.6 Å². The maximum Gasteiger partial charge on any atom is 0.573 e. The van der Waals surface area contributed by atoms with Crippen molar-refractivity contribution in [3.05, 3.63) is 58.6 Å². The van der Waals surface area contributed by atoms with Crippen LogP contribution in [0.25, 0.3) is 17.1 Å². The molecular formula is C24H21ClF3N5O3. The number of amides is 2. The molecule has 0 saturated carbocycles. The van der Waals surface area contributed by atoms with Gasteiger partial charge in [0, 0.05) is 37.8 Å². The van der Waals surface area contributed by atoms with Gasteiger partial charge in [-0.3, -0.25) is 9.59 Å². The second-order valence-corrected chi connectivity index (χ2v) is 9.31. The number of aromatic nitrogens is 3. The van der Waals surface area contributed by atoms with Gasteiger partial charge < -0.3 is 14.5 Å². The zero-order valence-corrected chi connectivity index (χ0v) is 19.6. The van der Waals surface area contributed by atoms with Crippen molar-refractivity contribution in [2.45, 2.75) is 12.8 Å². The first-order valence-electron chi connectivity index (χ1n) is 11.3. The highest BCUT2D eigenvalue weighted by Crippen LogP contribution is 2.33. The van der Waals surface area contributed by atoms with E-state index in [9.17, 15) is 22.8 Å². The van der Waals surface area contributed by atoms with Crippen molar-refractivity contribution in [2.75, 3.05) is 26.2 Å². The number of carbonyl (C=O) groups is 2. The highest BCUT2D eigenvalue weighted by atomic mass is 35.5. The molecule has 1 N–H and O–H groups in total. The smallest absolute Gasteiger partial charge is 0.404 e. The van der Waals surface area contributed by atoms with E-state index >= 15 is 0 Å². The number of fused-ring (bicyclic) bond motifs is 2. The van der Waals surface area contributed by atoms with Crippen LogP contribution in [0.1, 0.15) is 22.3 Å². The van der Waals surface area contributed by atoms with Crippen molar-refractivity contribution >= 4 is 40.5 Å². The summed E-state index contributed by atoms with van der Waals surface area (Å²) in [7, 11) is 0. The minimum absolute atomic E-state index is 0.0714. The van der Waals surface area contributed by atoms with Crippen LogP contribution < -0.4 is 4.74 Å². The minimum atomic E-state index is -4.84. The molecule has 2 fully saturated rings. The molecule has 5 rings (SSSR count). The monoisotopic (exact) mass is 519 g/mol. The van der Waals surface area contributed by atoms with Crippen LogP contribution in [0.2, 0.25) is 5.02 Å². The highest BCUT2D eigenvalue weighted by Gasteiger charge is 2.39. The quantitative estimate of drug-likeness (QED) is 0.523. The molecule has 2 amide bonds. The molecule has 0 spiro atoms. The normalized spacial score (nSPS) is 20.2. The van der Waals surface area contributed by atoms with E-state index in [2.05, 4.69) is 20.1 Å². The third-order valence-corrected chi connectivity index (χ3v) is 6.86. The number of hydrogen-bond acceptors (Lipinski definition) is 5. The fourth-order valence-electron chi connectivity index (χ4n) is 4.79. The Hall–Kier alpha value is -3.60. The number of carbonyl (C=O) groups excluding carboxylic acids is 2. The Morgan fingerprint density at radius 1 is 1.03 bits per heavy atom. The maximum atomic E-state index is 13.1. The number of alkyl halides is 3. The molecule has 8 nitrogen and oxygen atoms in total. The lowest BCUT2D eigenvalue weighted by atomic mass is 9.88. The molecule has 2 atom stereocenters. The number of H-pyrrole nitrogens is 1. The predicted molar refractivity (Wildman–Crippen MR) is 125 cm³/mol. The number of nitrogens with one attached hydrogen (secondary N) is 1. The van der Waals surface area contributed by atoms with E-state index in [0.29, 0.717) is 54.3 Å². The SMILES string of the molecule is O=C(/C=C/c1ccc(OC(F)(F)F)c(Cl)c1)N1C[C@H]2CCN(C(=O)c3ccc4n[nH]nc4c3)C[C@@H]2C1. The first-order chi connectivity index (χ1) is 17.2. The zero-order valence-electron chi connectivity index (χ0n) is 18.8. The molecule has 2 aliphatic heterocycles. The first kappa shape index (κ1) is 24.1. The van der Waals surface area contributed by atoms with Crippen LogP contribution in [0.3, 0.4) is 0 Å². The lowest BCUT2D eigenvalue weighted by molar-refractivity contribution is -0.274. The second kappa shape index (κ2) is 9.45. The Balaban J connectivity index is 1.19. The van der Waals surface area contributed by atoms with Gasteiger partial charge in [-0.2, -0.15) is 15.4 Å². The number of aromatic amines is 1. The standard InChI is InChI=1S/C24H21ClF3N5O3/c25-18-9-14(1-5-21(18)36-24(26,27)28)2-6-22(34)33-11-16-7-8-32(12-17(16)13-33)23(35)15-3-4-19-20(10-15)30-31-29-19/h1-6,9-10,16-17H,7-8,11-13H2,(H,29,30,31)/b6-2+/t16-,17-/m1/s1. The topological polar surface area (TPSA) is 91.4 Å². The molecule has 2 saturated heterocycles. The van der Waals surface area contributed by atoms with Crippen molar-refractivity contribution in [3.63, 3.8) is 0 Å². The molecule has 0 unspecified atom stereocenters. The number of ether oxygens (including phenoxy) is 1. The largest absolute Gasteiger partial charge is 0.573 e. The van der Waals surface area contributed by atoms with E-state index in [4.69, 9.17) is 11.6 Å². The van der Waals surface area contributed by atoms with Crippen molar-refractivity contribution < 1.29 is 27.5 Å². The van der Waals surface area contributed by atoms with E-state index < -0.39 is 12.1 Å². The third-order valence-electron chi connectivity index (χ3n) is 6.56. The van der Waals surface area contributed by atoms with Crippen molar-refractivity contribution in [3.8, 4) is 5.75 Å². The van der Waals surface area contributed by atoms with E-state index in [-0.39, 0.29) is 22.8 Å². The van der Waals surface area contributed by atoms with Gasteiger partial charge in [0.05, 0.1) is 5.02 Å². The number of piperidine rings is 1. The molecule has 0 bridgehead atoms. The van der Waals surface area contributed by atoms with Crippen LogP contribution in [-0.2, 0) is 4.79 Å². The van der Waals surface area contributed by atoms with Crippen LogP contribution in [0, 0.1) is 11.8 Å². The number of rotatable bonds is 4. The molecule has 188 valence electrons. The Labute approximate surface area is 208 Å². The van der Waals surface area contributed by atoms with Crippen LogP contribution in [0.4, 0.5) is 13.2 Å². The summed E-state index contributed by atoms with van der Waals surface area (Å²) in [6.07, 6.45) is -1.16. The van der Waals surface area contributed by atoms with Crippen molar-refractivity contribution in [1.82, 2.24) is 25.2 Å². The molecular weight excluding hydrogens is 499 g/mol. The van der Waals surface area contributed by atoms with E-state index in [1.807, 2.05) is 4.90 Å². The van der Waals surface area contributed by atoms with Gasteiger partial charge in [-0.1, -0.05) is 17.7 Å². The van der Waals surface area contributed by atoms with E-state index in [0.717, 1.165) is 12.5 Å². The van der Waals surface area contributed by atoms with Crippen LogP contribution in [0.5, 0.6) is 5.75 Å². The van der Waals surface area contributed by atoms with Gasteiger partial charge in [0.25, 0.3) is 5.91 Å². The van der Waals surface area contributed by atoms with Crippen molar-refractivity contribution in [1.29, 1.82) is 0 Å². The molecule has 12 heteroatoms. The number of likely N-dealkylation sites (tertiary alicyclic amines) is 2. The van der Waals surface area contributed by atoms with Gasteiger partial charge in [0.1, 0.15) is 16.8 Å². The van der Waals surface area contributed by atoms with Gasteiger partial charge >= 0.3 is 6.36 Å². The summed E-state index contributed by atoms with van der Waals surface area (Å²) in [5, 5.41) is 10.4. The summed E-state index contributed by atoms with van der Waals surface area (Å²) < 4.78 is 41.1. The lowest BCUT2D eigenvalue weighted by Crippen LogP contribution is -2.43. The molecule has 36 heavy (non-hydrogen) atoms. The Morgan fingerprint density at radius 2 is 1.78 bits per heavy atom. The molecule has 0 radical (unpaired) electrons. The molecule has 1 aromatic heterocycles. The molecule has 2 aliphatic rings. The number of halogens is 4. The summed E-state index contributed by atoms with van der Waals surface area (Å²) in [6, 6.07) is 9.01. The fraction of sp³-hybridized carbons (Fsp3) is 0.333. The average molecular weight is 520 g/mol. The van der Waals surface area contributed by atoms with Crippen molar-refractivity contribution in [2.24, 2.45) is 11.8 Å². The maximum absolute atomic E-state index is 13.1. The Bertz CT molecular complexity index is 1340. The fourth-order valence-corrected chi connectivity index (χ4v) is 5.02. The lowest BCUT2D eigenvalue weighted by Gasteiger charge is -2.34. The van der Waals surface area contributed by atoms with Gasteiger partial charge in [0.2, 0.25) is 5.91 Å². The highest BCUT2D eigenvalue weighted by molar-refractivity contribution is 6.32. The van der Waals surface area contributed by atoms with Crippen LogP contribution in [0.15, 0.2) is 42.5 Å². The Kier molecular flexibility index (Phi) is 6.33. The van der Waals surface area contributed by atoms with E-state index in [1.165, 1.54) is 24.3 Å². The predicted octanol–water partition coefficient (Wildman–Crippen LogP) is 4.14. The van der Waals surface area contributed by atoms with Crippen LogP contribution in [-0.4, -0.2) is 69.6 Å². The van der Waals surface area contributed by atoms with Gasteiger partial charge in [0.15, 0.2) is 0 Å². The number of benzene rings is 2. The third kappa shape index (κ3) is 5.15. The molecule has 2 aromatic carbocycles.